The number of primary amides is 1. The molecule has 1 amide bonds. The summed E-state index contributed by atoms with van der Waals surface area (Å²) < 4.78 is 48.2. The van der Waals surface area contributed by atoms with Crippen molar-refractivity contribution >= 4 is 5.91 Å². The molecule has 0 spiro atoms. The van der Waals surface area contributed by atoms with E-state index in [0.29, 0.717) is 23.8 Å². The second kappa shape index (κ2) is 6.34. The van der Waals surface area contributed by atoms with Gasteiger partial charge in [-0.2, -0.15) is 13.2 Å². The monoisotopic (exact) mass is 416 g/mol. The molecule has 5 rings (SSSR count). The van der Waals surface area contributed by atoms with E-state index in [1.54, 1.807) is 24.4 Å². The molecule has 3 aromatic rings. The first-order chi connectivity index (χ1) is 14.3. The SMILES string of the molecule is NC(=O)c1nc2n(n1)-c1ccc(C(F)(F)F)cc1C1(c3ccccn3)OCCN1C2. The van der Waals surface area contributed by atoms with E-state index < -0.39 is 23.4 Å². The molecule has 1 unspecified atom stereocenters. The molecule has 2 aromatic heterocycles. The van der Waals surface area contributed by atoms with Crippen LogP contribution in [0.15, 0.2) is 42.6 Å². The van der Waals surface area contributed by atoms with E-state index in [9.17, 15) is 18.0 Å². The zero-order valence-electron chi connectivity index (χ0n) is 15.4. The second-order valence-electron chi connectivity index (χ2n) is 6.99. The van der Waals surface area contributed by atoms with Crippen LogP contribution in [0.5, 0.6) is 0 Å². The lowest BCUT2D eigenvalue weighted by atomic mass is 9.93. The maximum atomic E-state index is 13.6. The van der Waals surface area contributed by atoms with E-state index >= 15 is 0 Å². The van der Waals surface area contributed by atoms with Crippen LogP contribution >= 0.6 is 0 Å². The first-order valence-corrected chi connectivity index (χ1v) is 9.09. The van der Waals surface area contributed by atoms with Crippen molar-refractivity contribution < 1.29 is 22.7 Å². The molecule has 0 radical (unpaired) electrons. The number of aromatic nitrogens is 4. The Bertz CT molecular complexity index is 1150. The van der Waals surface area contributed by atoms with Crippen molar-refractivity contribution in [3.63, 3.8) is 0 Å². The van der Waals surface area contributed by atoms with Crippen LogP contribution in [0.1, 0.15) is 33.3 Å². The lowest BCUT2D eigenvalue weighted by molar-refractivity contribution is -0.138. The molecule has 0 bridgehead atoms. The van der Waals surface area contributed by atoms with E-state index in [-0.39, 0.29) is 24.5 Å². The van der Waals surface area contributed by atoms with Crippen LogP contribution in [0.25, 0.3) is 5.69 Å². The van der Waals surface area contributed by atoms with Gasteiger partial charge in [0.2, 0.25) is 5.82 Å². The Hall–Kier alpha value is -3.31. The predicted molar refractivity (Wildman–Crippen MR) is 96.3 cm³/mol. The Balaban J connectivity index is 1.84. The van der Waals surface area contributed by atoms with Crippen molar-refractivity contribution in [1.82, 2.24) is 24.6 Å². The van der Waals surface area contributed by atoms with Crippen molar-refractivity contribution in [2.75, 3.05) is 13.2 Å². The minimum atomic E-state index is -4.56. The average molecular weight is 416 g/mol. The zero-order chi connectivity index (χ0) is 21.1. The number of carbonyl (C=O) groups excluding carboxylic acids is 1. The van der Waals surface area contributed by atoms with E-state index in [1.165, 1.54) is 10.7 Å². The maximum absolute atomic E-state index is 13.6. The smallest absolute Gasteiger partial charge is 0.363 e. The fourth-order valence-corrected chi connectivity index (χ4v) is 4.01. The highest BCUT2D eigenvalue weighted by Crippen LogP contribution is 2.46. The molecule has 11 heteroatoms. The number of amides is 1. The summed E-state index contributed by atoms with van der Waals surface area (Å²) in [6.45, 7) is 0.876. The fraction of sp³-hybridized carbons (Fsp3) is 0.263. The fourth-order valence-electron chi connectivity index (χ4n) is 4.01. The number of carbonyl (C=O) groups is 1. The number of hydrogen-bond donors (Lipinski definition) is 1. The quantitative estimate of drug-likeness (QED) is 0.684. The molecule has 2 aliphatic heterocycles. The topological polar surface area (TPSA) is 99.2 Å². The van der Waals surface area contributed by atoms with Gasteiger partial charge in [0.05, 0.1) is 30.1 Å². The van der Waals surface area contributed by atoms with Crippen LogP contribution in [0.3, 0.4) is 0 Å². The predicted octanol–water partition coefficient (Wildman–Crippen LogP) is 1.83. The summed E-state index contributed by atoms with van der Waals surface area (Å²) in [6.07, 6.45) is -3.00. The normalized spacial score (nSPS) is 20.9. The number of ether oxygens (including phenoxy) is 1. The number of fused-ring (bicyclic) bond motifs is 5. The van der Waals surface area contributed by atoms with Crippen molar-refractivity contribution in [1.29, 1.82) is 0 Å². The van der Waals surface area contributed by atoms with Crippen molar-refractivity contribution in [2.24, 2.45) is 5.73 Å². The van der Waals surface area contributed by atoms with Gasteiger partial charge in [-0.3, -0.25) is 14.7 Å². The van der Waals surface area contributed by atoms with Crippen LogP contribution in [0, 0.1) is 0 Å². The third-order valence-electron chi connectivity index (χ3n) is 5.27. The number of benzene rings is 1. The Morgan fingerprint density at radius 1 is 1.23 bits per heavy atom. The molecular weight excluding hydrogens is 401 g/mol. The summed E-state index contributed by atoms with van der Waals surface area (Å²) in [5, 5.41) is 4.14. The van der Waals surface area contributed by atoms with Gasteiger partial charge >= 0.3 is 6.18 Å². The first kappa shape index (κ1) is 18.7. The highest BCUT2D eigenvalue weighted by Gasteiger charge is 2.51. The molecular formula is C19H15F3N6O2. The highest BCUT2D eigenvalue weighted by molar-refractivity contribution is 5.88. The molecule has 8 nitrogen and oxygen atoms in total. The zero-order valence-corrected chi connectivity index (χ0v) is 15.4. The third kappa shape index (κ3) is 2.62. The number of alkyl halides is 3. The lowest BCUT2D eigenvalue weighted by Gasteiger charge is -2.36. The number of nitrogens with zero attached hydrogens (tertiary/aromatic N) is 5. The molecule has 4 heterocycles. The van der Waals surface area contributed by atoms with E-state index in [0.717, 1.165) is 12.1 Å². The molecule has 1 aromatic carbocycles. The molecule has 2 aliphatic rings. The highest BCUT2D eigenvalue weighted by atomic mass is 19.4. The largest absolute Gasteiger partial charge is 0.416 e. The van der Waals surface area contributed by atoms with Gasteiger partial charge in [0.1, 0.15) is 5.82 Å². The number of pyridine rings is 1. The number of rotatable bonds is 2. The summed E-state index contributed by atoms with van der Waals surface area (Å²) in [5.41, 5.74) is 4.11. The molecule has 154 valence electrons. The van der Waals surface area contributed by atoms with Crippen LogP contribution in [0.2, 0.25) is 0 Å². The summed E-state index contributed by atoms with van der Waals surface area (Å²) in [7, 11) is 0. The molecule has 30 heavy (non-hydrogen) atoms. The van der Waals surface area contributed by atoms with E-state index in [2.05, 4.69) is 15.1 Å². The first-order valence-electron chi connectivity index (χ1n) is 9.09. The molecule has 2 N–H and O–H groups in total. The summed E-state index contributed by atoms with van der Waals surface area (Å²) in [4.78, 5) is 22.0. The van der Waals surface area contributed by atoms with Gasteiger partial charge in [-0.25, -0.2) is 9.67 Å². The van der Waals surface area contributed by atoms with Crippen LogP contribution in [-0.4, -0.2) is 43.7 Å². The van der Waals surface area contributed by atoms with Crippen LogP contribution in [-0.2, 0) is 23.2 Å². The van der Waals surface area contributed by atoms with E-state index in [1.807, 2.05) is 4.90 Å². The Labute approximate surface area is 168 Å². The Morgan fingerprint density at radius 3 is 2.77 bits per heavy atom. The molecule has 1 atom stereocenters. The van der Waals surface area contributed by atoms with Gasteiger partial charge in [0, 0.05) is 18.3 Å². The molecule has 1 saturated heterocycles. The number of hydrogen-bond acceptors (Lipinski definition) is 6. The van der Waals surface area contributed by atoms with Crippen molar-refractivity contribution in [3.8, 4) is 5.69 Å². The minimum absolute atomic E-state index is 0.173. The Morgan fingerprint density at radius 2 is 2.07 bits per heavy atom. The third-order valence-corrected chi connectivity index (χ3v) is 5.27. The standard InChI is InChI=1S/C19H15F3N6O2/c20-19(21,22)11-4-5-13-12(9-11)18(14-3-1-2-6-24-14)27(7-8-30-18)10-15-25-17(16(23)29)26-28(13)15/h1-6,9H,7-8,10H2,(H2,23,29). The summed E-state index contributed by atoms with van der Waals surface area (Å²) in [5.74, 6) is -0.660. The maximum Gasteiger partial charge on any atom is 0.416 e. The van der Waals surface area contributed by atoms with Crippen molar-refractivity contribution in [2.45, 2.75) is 18.4 Å². The van der Waals surface area contributed by atoms with Gasteiger partial charge in [0.15, 0.2) is 5.72 Å². The average Bonchev–Trinajstić information content (AvgIpc) is 3.31. The summed E-state index contributed by atoms with van der Waals surface area (Å²) >= 11 is 0. The molecule has 1 fully saturated rings. The Kier molecular flexibility index (Phi) is 3.95. The van der Waals surface area contributed by atoms with Crippen molar-refractivity contribution in [3.05, 3.63) is 71.1 Å². The van der Waals surface area contributed by atoms with Gasteiger partial charge < -0.3 is 10.5 Å². The summed E-state index contributed by atoms with van der Waals surface area (Å²) in [6, 6.07) is 8.48. The number of halogens is 3. The lowest BCUT2D eigenvalue weighted by Crippen LogP contribution is -2.43. The van der Waals surface area contributed by atoms with Gasteiger partial charge in [0.25, 0.3) is 5.91 Å². The van der Waals surface area contributed by atoms with Gasteiger partial charge in [-0.15, -0.1) is 5.10 Å². The van der Waals surface area contributed by atoms with E-state index in [4.69, 9.17) is 10.5 Å². The van der Waals surface area contributed by atoms with Gasteiger partial charge in [-0.1, -0.05) is 6.07 Å². The van der Waals surface area contributed by atoms with Crippen LogP contribution in [0.4, 0.5) is 13.2 Å². The minimum Gasteiger partial charge on any atom is -0.363 e. The van der Waals surface area contributed by atoms with Crippen LogP contribution < -0.4 is 5.73 Å². The molecule has 0 aliphatic carbocycles. The second-order valence-corrected chi connectivity index (χ2v) is 6.99. The number of nitrogens with two attached hydrogens (primary N) is 1. The van der Waals surface area contributed by atoms with Gasteiger partial charge in [-0.05, 0) is 30.3 Å². The molecule has 0 saturated carbocycles.